The van der Waals surface area contributed by atoms with E-state index in [-0.39, 0.29) is 12.4 Å². The van der Waals surface area contributed by atoms with Crippen molar-refractivity contribution < 1.29 is 9.47 Å². The minimum Gasteiger partial charge on any atom is -0.454 e. The van der Waals surface area contributed by atoms with Crippen molar-refractivity contribution in [2.75, 3.05) is 13.8 Å². The highest BCUT2D eigenvalue weighted by atomic mass is 32.1. The van der Waals surface area contributed by atoms with Crippen LogP contribution < -0.4 is 15.0 Å². The molecule has 0 atom stereocenters. The fourth-order valence-corrected chi connectivity index (χ4v) is 5.03. The van der Waals surface area contributed by atoms with Crippen LogP contribution in [0.15, 0.2) is 47.3 Å². The van der Waals surface area contributed by atoms with Crippen molar-refractivity contribution >= 4 is 21.6 Å². The summed E-state index contributed by atoms with van der Waals surface area (Å²) in [6.45, 7) is 5.62. The van der Waals surface area contributed by atoms with Gasteiger partial charge in [-0.05, 0) is 44.2 Å². The first kappa shape index (κ1) is 19.8. The van der Waals surface area contributed by atoms with E-state index in [0.717, 1.165) is 37.9 Å². The molecule has 0 unspecified atom stereocenters. The fourth-order valence-electron chi connectivity index (χ4n) is 3.97. The molecule has 1 aliphatic heterocycles. The zero-order valence-electron chi connectivity index (χ0n) is 17.7. The summed E-state index contributed by atoms with van der Waals surface area (Å²) in [4.78, 5) is 24.8. The van der Waals surface area contributed by atoms with Crippen LogP contribution in [0.2, 0.25) is 0 Å². The first-order valence-electron chi connectivity index (χ1n) is 10.1. The molecule has 3 heterocycles. The molecule has 0 fully saturated rings. The number of hydrogen-bond acceptors (Lipinski definition) is 6. The molecule has 4 aromatic rings. The highest BCUT2D eigenvalue weighted by Gasteiger charge is 2.18. The molecule has 0 saturated carbocycles. The van der Waals surface area contributed by atoms with Gasteiger partial charge in [-0.15, -0.1) is 11.3 Å². The molecule has 0 spiro atoms. The third-order valence-electron chi connectivity index (χ3n) is 5.44. The molecule has 31 heavy (non-hydrogen) atoms. The van der Waals surface area contributed by atoms with Crippen LogP contribution in [-0.4, -0.2) is 28.7 Å². The van der Waals surface area contributed by atoms with Gasteiger partial charge >= 0.3 is 0 Å². The van der Waals surface area contributed by atoms with Gasteiger partial charge in [0.1, 0.15) is 10.7 Å². The quantitative estimate of drug-likeness (QED) is 0.497. The predicted molar refractivity (Wildman–Crippen MR) is 123 cm³/mol. The molecule has 7 heteroatoms. The summed E-state index contributed by atoms with van der Waals surface area (Å²) in [6, 6.07) is 14.2. The Morgan fingerprint density at radius 1 is 1.06 bits per heavy atom. The van der Waals surface area contributed by atoms with E-state index < -0.39 is 0 Å². The average Bonchev–Trinajstić information content (AvgIpc) is 3.32. The number of nitrogens with zero attached hydrogens (tertiary/aromatic N) is 2. The molecule has 2 aromatic heterocycles. The average molecular weight is 434 g/mol. The molecule has 1 aliphatic rings. The minimum absolute atomic E-state index is 0.0867. The molecule has 6 nitrogen and oxygen atoms in total. The third-order valence-corrected chi connectivity index (χ3v) is 6.44. The van der Waals surface area contributed by atoms with Crippen LogP contribution in [0.1, 0.15) is 21.8 Å². The van der Waals surface area contributed by atoms with Crippen LogP contribution in [0, 0.1) is 13.8 Å². The number of hydrogen-bond donors (Lipinski definition) is 1. The van der Waals surface area contributed by atoms with E-state index in [4.69, 9.17) is 14.5 Å². The van der Waals surface area contributed by atoms with E-state index >= 15 is 0 Å². The van der Waals surface area contributed by atoms with Gasteiger partial charge in [-0.3, -0.25) is 9.69 Å². The topological polar surface area (TPSA) is 67.5 Å². The molecule has 2 aromatic carbocycles. The summed E-state index contributed by atoms with van der Waals surface area (Å²) in [5, 5.41) is 0.675. The Kier molecular flexibility index (Phi) is 5.00. The molecular weight excluding hydrogens is 410 g/mol. The number of rotatable bonds is 5. The van der Waals surface area contributed by atoms with Gasteiger partial charge in [-0.25, -0.2) is 4.98 Å². The molecule has 0 radical (unpaired) electrons. The van der Waals surface area contributed by atoms with Gasteiger partial charge in [0.2, 0.25) is 6.79 Å². The molecule has 0 amide bonds. The van der Waals surface area contributed by atoms with Gasteiger partial charge in [0.15, 0.2) is 11.5 Å². The molecule has 0 saturated heterocycles. The van der Waals surface area contributed by atoms with Gasteiger partial charge in [-0.1, -0.05) is 35.9 Å². The Morgan fingerprint density at radius 2 is 1.84 bits per heavy atom. The van der Waals surface area contributed by atoms with Crippen LogP contribution in [0.4, 0.5) is 0 Å². The molecule has 5 rings (SSSR count). The lowest BCUT2D eigenvalue weighted by molar-refractivity contribution is 0.174. The van der Waals surface area contributed by atoms with E-state index in [1.54, 1.807) is 11.3 Å². The van der Waals surface area contributed by atoms with Crippen LogP contribution >= 0.6 is 11.3 Å². The lowest BCUT2D eigenvalue weighted by Crippen LogP contribution is -2.21. The summed E-state index contributed by atoms with van der Waals surface area (Å²) in [6.07, 6.45) is 0. The zero-order valence-corrected chi connectivity index (χ0v) is 18.5. The minimum atomic E-state index is -0.0867. The Hall–Kier alpha value is -3.16. The van der Waals surface area contributed by atoms with Crippen molar-refractivity contribution in [1.29, 1.82) is 0 Å². The summed E-state index contributed by atoms with van der Waals surface area (Å²) in [5.74, 6) is 2.22. The summed E-state index contributed by atoms with van der Waals surface area (Å²) in [7, 11) is 2.01. The maximum atomic E-state index is 13.0. The lowest BCUT2D eigenvalue weighted by Gasteiger charge is -2.16. The smallest absolute Gasteiger partial charge is 0.260 e. The van der Waals surface area contributed by atoms with Crippen molar-refractivity contribution in [3.8, 4) is 22.6 Å². The van der Waals surface area contributed by atoms with Crippen molar-refractivity contribution in [1.82, 2.24) is 14.9 Å². The number of aromatic amines is 1. The standard InChI is InChI=1S/C24H23N3O3S/c1-14-4-7-17(8-5-14)21-15(2)31-24-22(21)23(28)25-20(26-24)12-27(3)11-16-6-9-18-19(10-16)30-13-29-18/h4-10H,11-13H2,1-3H3,(H,25,26,28). The van der Waals surface area contributed by atoms with Crippen LogP contribution in [-0.2, 0) is 13.1 Å². The number of nitrogens with one attached hydrogen (secondary N) is 1. The Bertz CT molecular complexity index is 1320. The zero-order chi connectivity index (χ0) is 21.5. The number of benzene rings is 2. The van der Waals surface area contributed by atoms with Crippen molar-refractivity contribution in [2.24, 2.45) is 0 Å². The van der Waals surface area contributed by atoms with Crippen LogP contribution in [0.5, 0.6) is 11.5 Å². The summed E-state index contributed by atoms with van der Waals surface area (Å²) >= 11 is 1.57. The number of fused-ring (bicyclic) bond motifs is 2. The normalized spacial score (nSPS) is 12.8. The maximum absolute atomic E-state index is 13.0. The number of aromatic nitrogens is 2. The van der Waals surface area contributed by atoms with E-state index in [1.165, 1.54) is 5.56 Å². The largest absolute Gasteiger partial charge is 0.454 e. The number of ether oxygens (including phenoxy) is 2. The summed E-state index contributed by atoms with van der Waals surface area (Å²) in [5.41, 5.74) is 4.25. The van der Waals surface area contributed by atoms with Gasteiger partial charge in [0.25, 0.3) is 5.56 Å². The fraction of sp³-hybridized carbons (Fsp3) is 0.250. The van der Waals surface area contributed by atoms with Gasteiger partial charge in [0, 0.05) is 17.0 Å². The summed E-state index contributed by atoms with van der Waals surface area (Å²) < 4.78 is 10.8. The van der Waals surface area contributed by atoms with Crippen LogP contribution in [0.25, 0.3) is 21.3 Å². The molecule has 1 N–H and O–H groups in total. The predicted octanol–water partition coefficient (Wildman–Crippen LogP) is 4.63. The third kappa shape index (κ3) is 3.82. The first-order chi connectivity index (χ1) is 15.0. The number of thiophene rings is 1. The van der Waals surface area contributed by atoms with E-state index in [1.807, 2.05) is 32.2 Å². The highest BCUT2D eigenvalue weighted by molar-refractivity contribution is 7.19. The Morgan fingerprint density at radius 3 is 2.65 bits per heavy atom. The second kappa shape index (κ2) is 7.83. The SMILES string of the molecule is Cc1ccc(-c2c(C)sc3nc(CN(C)Cc4ccc5c(c4)OCO5)[nH]c(=O)c23)cc1. The van der Waals surface area contributed by atoms with E-state index in [2.05, 4.69) is 41.1 Å². The Labute approximate surface area is 184 Å². The van der Waals surface area contributed by atoms with E-state index in [0.29, 0.717) is 24.3 Å². The lowest BCUT2D eigenvalue weighted by atomic mass is 10.0. The second-order valence-corrected chi connectivity index (χ2v) is 9.16. The molecule has 158 valence electrons. The first-order valence-corrected chi connectivity index (χ1v) is 11.0. The molecular formula is C24H23N3O3S. The van der Waals surface area contributed by atoms with Crippen LogP contribution in [0.3, 0.4) is 0 Å². The second-order valence-electron chi connectivity index (χ2n) is 7.95. The number of aryl methyl sites for hydroxylation is 2. The van der Waals surface area contributed by atoms with Gasteiger partial charge in [0.05, 0.1) is 11.9 Å². The highest BCUT2D eigenvalue weighted by Crippen LogP contribution is 2.36. The van der Waals surface area contributed by atoms with Crippen molar-refractivity contribution in [2.45, 2.75) is 26.9 Å². The van der Waals surface area contributed by atoms with Gasteiger partial charge in [-0.2, -0.15) is 0 Å². The number of H-pyrrole nitrogens is 1. The van der Waals surface area contributed by atoms with Crippen molar-refractivity contribution in [3.05, 3.63) is 74.6 Å². The van der Waals surface area contributed by atoms with Gasteiger partial charge < -0.3 is 14.5 Å². The molecule has 0 bridgehead atoms. The van der Waals surface area contributed by atoms with E-state index in [9.17, 15) is 4.79 Å². The maximum Gasteiger partial charge on any atom is 0.260 e. The molecule has 0 aliphatic carbocycles. The Balaban J connectivity index is 1.41. The monoisotopic (exact) mass is 433 g/mol. The van der Waals surface area contributed by atoms with Crippen molar-refractivity contribution in [3.63, 3.8) is 0 Å².